The van der Waals surface area contributed by atoms with Gasteiger partial charge in [0.15, 0.2) is 0 Å². The van der Waals surface area contributed by atoms with Gasteiger partial charge in [0.25, 0.3) is 0 Å². The Morgan fingerprint density at radius 3 is 2.46 bits per heavy atom. The Labute approximate surface area is 177 Å². The van der Waals surface area contributed by atoms with Crippen molar-refractivity contribution >= 4 is 72.8 Å². The third-order valence-corrected chi connectivity index (χ3v) is 5.36. The zero-order valence-corrected chi connectivity index (χ0v) is 18.0. The van der Waals surface area contributed by atoms with E-state index >= 15 is 0 Å². The number of hydrogen-bond acceptors (Lipinski definition) is 4. The monoisotopic (exact) mass is 517 g/mol. The molecule has 26 heavy (non-hydrogen) atoms. The van der Waals surface area contributed by atoms with E-state index in [-0.39, 0.29) is 6.61 Å². The number of benzene rings is 2. The summed E-state index contributed by atoms with van der Waals surface area (Å²) >= 11 is 19.1. The summed E-state index contributed by atoms with van der Waals surface area (Å²) in [6.07, 6.45) is 1.71. The summed E-state index contributed by atoms with van der Waals surface area (Å²) in [7, 11) is 0. The van der Waals surface area contributed by atoms with Gasteiger partial charge in [-0.05, 0) is 74.7 Å². The van der Waals surface area contributed by atoms with E-state index in [4.69, 9.17) is 27.9 Å². The molecule has 1 aliphatic heterocycles. The fourth-order valence-electron chi connectivity index (χ4n) is 2.28. The number of hydrogen-bond donors (Lipinski definition) is 0. The summed E-state index contributed by atoms with van der Waals surface area (Å²) in [5.41, 5.74) is 2.58. The molecule has 4 nitrogen and oxygen atoms in total. The van der Waals surface area contributed by atoms with Crippen molar-refractivity contribution in [2.45, 2.75) is 13.5 Å². The number of carbonyl (C=O) groups excluding carboxylic acids is 1. The van der Waals surface area contributed by atoms with E-state index in [0.29, 0.717) is 27.1 Å². The molecule has 8 heteroatoms. The smallest absolute Gasteiger partial charge is 0.367 e. The highest BCUT2D eigenvalue weighted by Gasteiger charge is 2.22. The molecule has 0 saturated heterocycles. The molecular formula is C18H11Br2Cl2NO3. The van der Waals surface area contributed by atoms with Gasteiger partial charge in [0, 0.05) is 15.6 Å². The minimum absolute atomic E-state index is 0.283. The minimum Gasteiger partial charge on any atom is -0.486 e. The molecule has 0 amide bonds. The zero-order chi connectivity index (χ0) is 18.8. The molecular weight excluding hydrogens is 509 g/mol. The van der Waals surface area contributed by atoms with Crippen LogP contribution in [0.2, 0.25) is 10.0 Å². The Hall–Kier alpha value is -1.34. The van der Waals surface area contributed by atoms with Crippen LogP contribution in [0.3, 0.4) is 0 Å². The number of nitrogens with zero attached hydrogens (tertiary/aromatic N) is 1. The maximum atomic E-state index is 11.7. The largest absolute Gasteiger partial charge is 0.486 e. The minimum atomic E-state index is -0.465. The van der Waals surface area contributed by atoms with Crippen molar-refractivity contribution < 1.29 is 14.4 Å². The predicted molar refractivity (Wildman–Crippen MR) is 110 cm³/mol. The van der Waals surface area contributed by atoms with Gasteiger partial charge in [0.1, 0.15) is 12.4 Å². The third kappa shape index (κ3) is 4.31. The normalized spacial score (nSPS) is 15.2. The van der Waals surface area contributed by atoms with Crippen LogP contribution in [0, 0.1) is 0 Å². The first-order valence-electron chi connectivity index (χ1n) is 7.39. The molecule has 0 aromatic heterocycles. The van der Waals surface area contributed by atoms with Gasteiger partial charge in [-0.1, -0.05) is 34.4 Å². The lowest BCUT2D eigenvalue weighted by atomic mass is 10.1. The van der Waals surface area contributed by atoms with Crippen LogP contribution in [-0.4, -0.2) is 11.7 Å². The number of ether oxygens (including phenoxy) is 1. The maximum absolute atomic E-state index is 11.7. The van der Waals surface area contributed by atoms with Crippen LogP contribution in [0.25, 0.3) is 6.08 Å². The topological polar surface area (TPSA) is 47.9 Å². The average molecular weight is 520 g/mol. The van der Waals surface area contributed by atoms with E-state index in [2.05, 4.69) is 41.9 Å². The van der Waals surface area contributed by atoms with Crippen LogP contribution in [0.15, 0.2) is 50.0 Å². The Morgan fingerprint density at radius 2 is 1.88 bits per heavy atom. The van der Waals surface area contributed by atoms with Gasteiger partial charge >= 0.3 is 5.97 Å². The van der Waals surface area contributed by atoms with E-state index in [1.165, 1.54) is 0 Å². The summed E-state index contributed by atoms with van der Waals surface area (Å²) in [4.78, 5) is 16.3. The molecule has 0 radical (unpaired) electrons. The molecule has 0 saturated carbocycles. The second-order valence-corrected chi connectivity index (χ2v) is 8.00. The molecule has 0 fully saturated rings. The summed E-state index contributed by atoms with van der Waals surface area (Å²) < 4.78 is 7.34. The molecule has 0 N–H and O–H groups in total. The molecule has 2 aromatic carbocycles. The summed E-state index contributed by atoms with van der Waals surface area (Å²) in [5.74, 6) is 0.157. The highest BCUT2D eigenvalue weighted by molar-refractivity contribution is 9.11. The van der Waals surface area contributed by atoms with Gasteiger partial charge < -0.3 is 9.57 Å². The van der Waals surface area contributed by atoms with Gasteiger partial charge in [-0.15, -0.1) is 0 Å². The lowest BCUT2D eigenvalue weighted by Crippen LogP contribution is -2.02. The van der Waals surface area contributed by atoms with Crippen molar-refractivity contribution in [1.29, 1.82) is 0 Å². The highest BCUT2D eigenvalue weighted by atomic mass is 79.9. The molecule has 2 aromatic rings. The first-order chi connectivity index (χ1) is 12.3. The SMILES string of the molecule is CC1=NOC(=O)/C1=C\c1cc(Br)c(OCc2ccc(Cl)cc2Cl)c(Br)c1. The van der Waals surface area contributed by atoms with Crippen molar-refractivity contribution in [3.8, 4) is 5.75 Å². The fourth-order valence-corrected chi connectivity index (χ4v) is 4.19. The molecule has 0 unspecified atom stereocenters. The van der Waals surface area contributed by atoms with Crippen molar-refractivity contribution in [2.24, 2.45) is 5.16 Å². The van der Waals surface area contributed by atoms with Crippen LogP contribution in [0.5, 0.6) is 5.75 Å². The van der Waals surface area contributed by atoms with Gasteiger partial charge in [-0.2, -0.15) is 0 Å². The van der Waals surface area contributed by atoms with Crippen LogP contribution in [-0.2, 0) is 16.2 Å². The van der Waals surface area contributed by atoms with Crippen LogP contribution in [0.1, 0.15) is 18.1 Å². The zero-order valence-electron chi connectivity index (χ0n) is 13.4. The Bertz CT molecular complexity index is 934. The van der Waals surface area contributed by atoms with Crippen LogP contribution < -0.4 is 4.74 Å². The fraction of sp³-hybridized carbons (Fsp3) is 0.111. The lowest BCUT2D eigenvalue weighted by molar-refractivity contribution is -0.136. The van der Waals surface area contributed by atoms with Gasteiger partial charge in [0.05, 0.1) is 20.2 Å². The molecule has 0 spiro atoms. The molecule has 0 atom stereocenters. The first-order valence-corrected chi connectivity index (χ1v) is 9.73. The van der Waals surface area contributed by atoms with E-state index in [9.17, 15) is 4.79 Å². The van der Waals surface area contributed by atoms with Crippen molar-refractivity contribution in [3.05, 3.63) is 66.0 Å². The van der Waals surface area contributed by atoms with Crippen molar-refractivity contribution in [1.82, 2.24) is 0 Å². The van der Waals surface area contributed by atoms with Crippen LogP contribution in [0.4, 0.5) is 0 Å². The predicted octanol–water partition coefficient (Wildman–Crippen LogP) is 6.41. The van der Waals surface area contributed by atoms with E-state index < -0.39 is 5.97 Å². The Balaban J connectivity index is 1.83. The average Bonchev–Trinajstić information content (AvgIpc) is 2.88. The number of halogens is 4. The Kier molecular flexibility index (Phi) is 6.07. The second-order valence-electron chi connectivity index (χ2n) is 5.45. The standard InChI is InChI=1S/C18H11Br2Cl2NO3/c1-9-13(18(24)26-23-9)4-10-5-14(19)17(15(20)6-10)25-8-11-2-3-12(21)7-16(11)22/h2-7H,8H2,1H3/b13-4-. The summed E-state index contributed by atoms with van der Waals surface area (Å²) in [6, 6.07) is 8.94. The van der Waals surface area contributed by atoms with E-state index in [1.807, 2.05) is 18.2 Å². The van der Waals surface area contributed by atoms with Gasteiger partial charge in [-0.25, -0.2) is 4.79 Å². The van der Waals surface area contributed by atoms with Gasteiger partial charge in [-0.3, -0.25) is 0 Å². The number of carbonyl (C=O) groups is 1. The molecule has 0 bridgehead atoms. The van der Waals surface area contributed by atoms with E-state index in [1.54, 1.807) is 25.1 Å². The molecule has 0 aliphatic carbocycles. The van der Waals surface area contributed by atoms with Gasteiger partial charge in [0.2, 0.25) is 0 Å². The highest BCUT2D eigenvalue weighted by Crippen LogP contribution is 2.36. The molecule has 3 rings (SSSR count). The summed E-state index contributed by atoms with van der Waals surface area (Å²) in [6.45, 7) is 2.00. The molecule has 1 heterocycles. The quantitative estimate of drug-likeness (QED) is 0.346. The van der Waals surface area contributed by atoms with Crippen LogP contribution >= 0.6 is 55.1 Å². The molecule has 1 aliphatic rings. The van der Waals surface area contributed by atoms with Crippen molar-refractivity contribution in [2.75, 3.05) is 0 Å². The lowest BCUT2D eigenvalue weighted by Gasteiger charge is -2.12. The first kappa shape index (κ1) is 19.4. The second kappa shape index (κ2) is 8.13. The Morgan fingerprint density at radius 1 is 1.19 bits per heavy atom. The number of oxime groups is 1. The third-order valence-electron chi connectivity index (χ3n) is 3.59. The van der Waals surface area contributed by atoms with Crippen molar-refractivity contribution in [3.63, 3.8) is 0 Å². The van der Waals surface area contributed by atoms with E-state index in [0.717, 1.165) is 20.1 Å². The molecule has 134 valence electrons. The maximum Gasteiger partial charge on any atom is 0.367 e. The summed E-state index contributed by atoms with van der Waals surface area (Å²) in [5, 5.41) is 4.78. The number of rotatable bonds is 4.